The fourth-order valence-electron chi connectivity index (χ4n) is 2.02. The Hall–Kier alpha value is -0.900. The molecule has 14 heavy (non-hydrogen) atoms. The summed E-state index contributed by atoms with van der Waals surface area (Å²) in [6.07, 6.45) is 6.86. The zero-order valence-corrected chi connectivity index (χ0v) is 8.74. The summed E-state index contributed by atoms with van der Waals surface area (Å²) in [5, 5.41) is 11.7. The summed E-state index contributed by atoms with van der Waals surface area (Å²) in [6.45, 7) is 2.37. The van der Waals surface area contributed by atoms with E-state index in [0.717, 1.165) is 18.0 Å². The molecule has 0 spiro atoms. The molecule has 1 saturated heterocycles. The van der Waals surface area contributed by atoms with Crippen molar-refractivity contribution in [2.45, 2.75) is 25.7 Å². The van der Waals surface area contributed by atoms with Crippen LogP contribution in [0, 0.1) is 5.92 Å². The van der Waals surface area contributed by atoms with E-state index in [4.69, 9.17) is 0 Å². The van der Waals surface area contributed by atoms with Crippen molar-refractivity contribution in [2.75, 3.05) is 13.1 Å². The first kappa shape index (κ1) is 9.65. The number of nitrogens with zero attached hydrogens (tertiary/aromatic N) is 3. The fourth-order valence-corrected chi connectivity index (χ4v) is 2.02. The van der Waals surface area contributed by atoms with Crippen LogP contribution in [-0.4, -0.2) is 28.1 Å². The Morgan fingerprint density at radius 1 is 1.50 bits per heavy atom. The first-order valence-electron chi connectivity index (χ1n) is 5.40. The SMILES string of the molecule is Cn1ncc(CCC2CCNCC2)n1. The molecule has 0 bridgehead atoms. The first-order chi connectivity index (χ1) is 6.84. The lowest BCUT2D eigenvalue weighted by Crippen LogP contribution is -2.27. The van der Waals surface area contributed by atoms with E-state index in [1.807, 2.05) is 13.2 Å². The van der Waals surface area contributed by atoms with Crippen LogP contribution in [0.15, 0.2) is 6.20 Å². The predicted octanol–water partition coefficient (Wildman–Crippen LogP) is 0.747. The first-order valence-corrected chi connectivity index (χ1v) is 5.40. The van der Waals surface area contributed by atoms with E-state index in [-0.39, 0.29) is 0 Å². The topological polar surface area (TPSA) is 42.7 Å². The van der Waals surface area contributed by atoms with Crippen molar-refractivity contribution in [3.8, 4) is 0 Å². The quantitative estimate of drug-likeness (QED) is 0.772. The van der Waals surface area contributed by atoms with Gasteiger partial charge in [0.15, 0.2) is 0 Å². The van der Waals surface area contributed by atoms with Gasteiger partial charge >= 0.3 is 0 Å². The van der Waals surface area contributed by atoms with Gasteiger partial charge < -0.3 is 5.32 Å². The monoisotopic (exact) mass is 194 g/mol. The van der Waals surface area contributed by atoms with E-state index in [1.54, 1.807) is 4.80 Å². The lowest BCUT2D eigenvalue weighted by Gasteiger charge is -2.21. The molecule has 1 aromatic rings. The third-order valence-electron chi connectivity index (χ3n) is 2.91. The van der Waals surface area contributed by atoms with Crippen LogP contribution in [-0.2, 0) is 13.5 Å². The molecule has 0 unspecified atom stereocenters. The summed E-state index contributed by atoms with van der Waals surface area (Å²) in [5.41, 5.74) is 1.13. The predicted molar refractivity (Wildman–Crippen MR) is 54.9 cm³/mol. The number of rotatable bonds is 3. The Morgan fingerprint density at radius 3 is 2.93 bits per heavy atom. The Labute approximate surface area is 84.7 Å². The molecule has 2 rings (SSSR count). The van der Waals surface area contributed by atoms with Crippen molar-refractivity contribution in [1.82, 2.24) is 20.3 Å². The molecule has 1 aliphatic rings. The Balaban J connectivity index is 1.76. The van der Waals surface area contributed by atoms with E-state index in [0.29, 0.717) is 0 Å². The van der Waals surface area contributed by atoms with Crippen LogP contribution in [0.5, 0.6) is 0 Å². The van der Waals surface area contributed by atoms with E-state index in [2.05, 4.69) is 15.5 Å². The van der Waals surface area contributed by atoms with E-state index >= 15 is 0 Å². The van der Waals surface area contributed by atoms with Crippen molar-refractivity contribution in [3.05, 3.63) is 11.9 Å². The van der Waals surface area contributed by atoms with Crippen molar-refractivity contribution in [2.24, 2.45) is 13.0 Å². The van der Waals surface area contributed by atoms with E-state index in [9.17, 15) is 0 Å². The highest BCUT2D eigenvalue weighted by Gasteiger charge is 2.13. The number of hydrogen-bond donors (Lipinski definition) is 1. The van der Waals surface area contributed by atoms with Crippen LogP contribution in [0.2, 0.25) is 0 Å². The van der Waals surface area contributed by atoms with Crippen LogP contribution >= 0.6 is 0 Å². The molecule has 0 amide bonds. The zero-order valence-electron chi connectivity index (χ0n) is 8.74. The van der Waals surface area contributed by atoms with Crippen molar-refractivity contribution in [3.63, 3.8) is 0 Å². The van der Waals surface area contributed by atoms with Gasteiger partial charge in [-0.05, 0) is 44.7 Å². The van der Waals surface area contributed by atoms with Gasteiger partial charge in [-0.2, -0.15) is 15.0 Å². The molecule has 1 fully saturated rings. The normalized spacial score (nSPS) is 18.6. The lowest BCUT2D eigenvalue weighted by atomic mass is 9.93. The summed E-state index contributed by atoms with van der Waals surface area (Å²) >= 11 is 0. The molecular formula is C10H18N4. The van der Waals surface area contributed by atoms with Crippen molar-refractivity contribution < 1.29 is 0 Å². The third-order valence-corrected chi connectivity index (χ3v) is 2.91. The van der Waals surface area contributed by atoms with Crippen LogP contribution in [0.25, 0.3) is 0 Å². The second-order valence-corrected chi connectivity index (χ2v) is 4.06. The molecule has 1 N–H and O–H groups in total. The molecule has 0 saturated carbocycles. The third kappa shape index (κ3) is 2.54. The van der Waals surface area contributed by atoms with Gasteiger partial charge in [0, 0.05) is 7.05 Å². The van der Waals surface area contributed by atoms with Crippen molar-refractivity contribution >= 4 is 0 Å². The maximum absolute atomic E-state index is 4.29. The second-order valence-electron chi connectivity index (χ2n) is 4.06. The summed E-state index contributed by atoms with van der Waals surface area (Å²) in [4.78, 5) is 1.64. The zero-order chi connectivity index (χ0) is 9.80. The molecule has 4 nitrogen and oxygen atoms in total. The van der Waals surface area contributed by atoms with Crippen LogP contribution in [0.3, 0.4) is 0 Å². The minimum absolute atomic E-state index is 0.887. The molecule has 1 aliphatic heterocycles. The summed E-state index contributed by atoms with van der Waals surface area (Å²) in [5.74, 6) is 0.887. The molecule has 2 heterocycles. The molecule has 1 aromatic heterocycles. The van der Waals surface area contributed by atoms with Gasteiger partial charge in [0.05, 0.1) is 11.9 Å². The largest absolute Gasteiger partial charge is 0.317 e. The molecule has 0 atom stereocenters. The molecular weight excluding hydrogens is 176 g/mol. The highest BCUT2D eigenvalue weighted by molar-refractivity contribution is 4.91. The summed E-state index contributed by atoms with van der Waals surface area (Å²) < 4.78 is 0. The van der Waals surface area contributed by atoms with Crippen LogP contribution in [0.1, 0.15) is 25.0 Å². The van der Waals surface area contributed by atoms with Gasteiger partial charge in [-0.25, -0.2) is 0 Å². The van der Waals surface area contributed by atoms with Gasteiger partial charge in [-0.15, -0.1) is 0 Å². The smallest absolute Gasteiger partial charge is 0.0827 e. The van der Waals surface area contributed by atoms with E-state index in [1.165, 1.54) is 32.4 Å². The second kappa shape index (κ2) is 4.55. The maximum Gasteiger partial charge on any atom is 0.0827 e. The molecule has 4 heteroatoms. The number of piperidine rings is 1. The average Bonchev–Trinajstić information content (AvgIpc) is 2.63. The number of aromatic nitrogens is 3. The minimum Gasteiger partial charge on any atom is -0.317 e. The molecule has 0 aliphatic carbocycles. The van der Waals surface area contributed by atoms with Crippen LogP contribution < -0.4 is 5.32 Å². The Bertz CT molecular complexity index is 275. The van der Waals surface area contributed by atoms with Gasteiger partial charge in [0.1, 0.15) is 0 Å². The highest BCUT2D eigenvalue weighted by atomic mass is 15.4. The highest BCUT2D eigenvalue weighted by Crippen LogP contribution is 2.17. The van der Waals surface area contributed by atoms with Gasteiger partial charge in [0.2, 0.25) is 0 Å². The summed E-state index contributed by atoms with van der Waals surface area (Å²) in [7, 11) is 1.87. The lowest BCUT2D eigenvalue weighted by molar-refractivity contribution is 0.353. The summed E-state index contributed by atoms with van der Waals surface area (Å²) in [6, 6.07) is 0. The number of hydrogen-bond acceptors (Lipinski definition) is 3. The molecule has 0 radical (unpaired) electrons. The van der Waals surface area contributed by atoms with Crippen LogP contribution in [0.4, 0.5) is 0 Å². The molecule has 0 aromatic carbocycles. The Kier molecular flexibility index (Phi) is 3.14. The molecule has 78 valence electrons. The van der Waals surface area contributed by atoms with Gasteiger partial charge in [0.25, 0.3) is 0 Å². The van der Waals surface area contributed by atoms with Crippen molar-refractivity contribution in [1.29, 1.82) is 0 Å². The fraction of sp³-hybridized carbons (Fsp3) is 0.800. The minimum atomic E-state index is 0.887. The maximum atomic E-state index is 4.29. The Morgan fingerprint density at radius 2 is 2.29 bits per heavy atom. The van der Waals surface area contributed by atoms with E-state index < -0.39 is 0 Å². The van der Waals surface area contributed by atoms with Gasteiger partial charge in [-0.1, -0.05) is 0 Å². The standard InChI is InChI=1S/C10H18N4/c1-14-12-8-10(13-14)3-2-9-4-6-11-7-5-9/h8-9,11H,2-7H2,1H3. The number of nitrogens with one attached hydrogen (secondary N) is 1. The number of aryl methyl sites for hydroxylation is 2. The van der Waals surface area contributed by atoms with Gasteiger partial charge in [-0.3, -0.25) is 0 Å². The average molecular weight is 194 g/mol.